The summed E-state index contributed by atoms with van der Waals surface area (Å²) in [6, 6.07) is 0.281. The highest BCUT2D eigenvalue weighted by Crippen LogP contribution is 2.18. The Morgan fingerprint density at radius 3 is 2.93 bits per heavy atom. The van der Waals surface area contributed by atoms with Gasteiger partial charge in [0.25, 0.3) is 0 Å². The average molecular weight is 199 g/mol. The van der Waals surface area contributed by atoms with E-state index in [1.54, 1.807) is 0 Å². The number of aliphatic hydroxyl groups excluding tert-OH is 1. The maximum absolute atomic E-state index is 9.52. The van der Waals surface area contributed by atoms with Crippen LogP contribution < -0.4 is 5.32 Å². The minimum atomic E-state index is -0.156. The number of aliphatic hydroxyl groups is 1. The van der Waals surface area contributed by atoms with Crippen LogP contribution in [0.25, 0.3) is 0 Å². The van der Waals surface area contributed by atoms with Crippen LogP contribution in [0.15, 0.2) is 12.2 Å². The van der Waals surface area contributed by atoms with Crippen LogP contribution in [0.5, 0.6) is 0 Å². The number of rotatable bonds is 6. The van der Waals surface area contributed by atoms with Crippen molar-refractivity contribution in [2.24, 2.45) is 0 Å². The zero-order valence-corrected chi connectivity index (χ0v) is 8.96. The lowest BCUT2D eigenvalue weighted by atomic mass is 10.2. The molecule has 0 saturated heterocycles. The van der Waals surface area contributed by atoms with Crippen molar-refractivity contribution < 1.29 is 9.84 Å². The van der Waals surface area contributed by atoms with E-state index in [1.807, 2.05) is 6.92 Å². The van der Waals surface area contributed by atoms with Gasteiger partial charge in [-0.05, 0) is 26.2 Å². The molecule has 14 heavy (non-hydrogen) atoms. The molecule has 0 aromatic heterocycles. The Bertz CT molecular complexity index is 182. The van der Waals surface area contributed by atoms with Crippen molar-refractivity contribution >= 4 is 0 Å². The van der Waals surface area contributed by atoms with Crippen LogP contribution in [0.1, 0.15) is 26.2 Å². The van der Waals surface area contributed by atoms with Gasteiger partial charge in [-0.15, -0.1) is 0 Å². The van der Waals surface area contributed by atoms with E-state index in [-0.39, 0.29) is 12.1 Å². The molecule has 3 nitrogen and oxygen atoms in total. The fourth-order valence-electron chi connectivity index (χ4n) is 1.74. The van der Waals surface area contributed by atoms with Crippen LogP contribution in [-0.2, 0) is 4.74 Å². The van der Waals surface area contributed by atoms with E-state index in [4.69, 9.17) is 4.74 Å². The van der Waals surface area contributed by atoms with Crippen molar-refractivity contribution in [1.29, 1.82) is 0 Å². The highest BCUT2D eigenvalue weighted by molar-refractivity contribution is 4.87. The molecule has 0 bridgehead atoms. The largest absolute Gasteiger partial charge is 0.392 e. The average Bonchev–Trinajstić information content (AvgIpc) is 2.51. The summed E-state index contributed by atoms with van der Waals surface area (Å²) in [6.45, 7) is 7.85. The van der Waals surface area contributed by atoms with Crippen molar-refractivity contribution in [2.75, 3.05) is 19.8 Å². The predicted molar refractivity (Wildman–Crippen MR) is 57.3 cm³/mol. The first-order chi connectivity index (χ1) is 6.70. The number of nitrogens with one attached hydrogen (secondary N) is 1. The summed E-state index contributed by atoms with van der Waals surface area (Å²) < 4.78 is 5.35. The van der Waals surface area contributed by atoms with Gasteiger partial charge in [0.2, 0.25) is 0 Å². The monoisotopic (exact) mass is 199 g/mol. The molecule has 2 atom stereocenters. The summed E-state index contributed by atoms with van der Waals surface area (Å²) in [5.74, 6) is 0. The van der Waals surface area contributed by atoms with Crippen LogP contribution in [0.3, 0.4) is 0 Å². The topological polar surface area (TPSA) is 41.5 Å². The van der Waals surface area contributed by atoms with Crippen LogP contribution in [0, 0.1) is 0 Å². The number of hydrogen-bond donors (Lipinski definition) is 2. The molecule has 82 valence electrons. The van der Waals surface area contributed by atoms with Crippen LogP contribution in [-0.4, -0.2) is 37.0 Å². The molecule has 1 aliphatic carbocycles. The van der Waals surface area contributed by atoms with Crippen molar-refractivity contribution in [3.05, 3.63) is 12.2 Å². The lowest BCUT2D eigenvalue weighted by molar-refractivity contribution is 0.128. The first-order valence-electron chi connectivity index (χ1n) is 5.33. The van der Waals surface area contributed by atoms with E-state index in [1.165, 1.54) is 0 Å². The van der Waals surface area contributed by atoms with E-state index < -0.39 is 0 Å². The summed E-state index contributed by atoms with van der Waals surface area (Å²) >= 11 is 0. The Morgan fingerprint density at radius 1 is 1.57 bits per heavy atom. The summed E-state index contributed by atoms with van der Waals surface area (Å²) in [6.07, 6.45) is 2.99. The van der Waals surface area contributed by atoms with Gasteiger partial charge in [-0.2, -0.15) is 0 Å². The molecule has 0 aromatic rings. The molecule has 0 radical (unpaired) electrons. The van der Waals surface area contributed by atoms with Crippen LogP contribution >= 0.6 is 0 Å². The third kappa shape index (κ3) is 4.22. The highest BCUT2D eigenvalue weighted by atomic mass is 16.5. The molecule has 0 aliphatic heterocycles. The highest BCUT2D eigenvalue weighted by Gasteiger charge is 2.23. The van der Waals surface area contributed by atoms with Gasteiger partial charge >= 0.3 is 0 Å². The van der Waals surface area contributed by atoms with E-state index in [0.29, 0.717) is 13.2 Å². The van der Waals surface area contributed by atoms with Crippen molar-refractivity contribution in [3.8, 4) is 0 Å². The van der Waals surface area contributed by atoms with Crippen LogP contribution in [0.2, 0.25) is 0 Å². The molecule has 1 aliphatic rings. The fourth-order valence-corrected chi connectivity index (χ4v) is 1.74. The minimum absolute atomic E-state index is 0.156. The van der Waals surface area contributed by atoms with E-state index in [0.717, 1.165) is 31.4 Å². The molecular formula is C11H21NO2. The molecule has 2 N–H and O–H groups in total. The first-order valence-corrected chi connectivity index (χ1v) is 5.33. The number of hydrogen-bond acceptors (Lipinski definition) is 3. The molecule has 2 unspecified atom stereocenters. The van der Waals surface area contributed by atoms with Crippen LogP contribution in [0.4, 0.5) is 0 Å². The fraction of sp³-hybridized carbons (Fsp3) is 0.818. The Kier molecular flexibility index (Phi) is 5.15. The van der Waals surface area contributed by atoms with Gasteiger partial charge in [0.15, 0.2) is 0 Å². The molecule has 0 aromatic carbocycles. The second-order valence-corrected chi connectivity index (χ2v) is 4.07. The second-order valence-electron chi connectivity index (χ2n) is 4.07. The lowest BCUT2D eigenvalue weighted by Gasteiger charge is -2.16. The summed E-state index contributed by atoms with van der Waals surface area (Å²) in [5.41, 5.74) is 1.05. The maximum atomic E-state index is 9.52. The Hall–Kier alpha value is -0.380. The predicted octanol–water partition coefficient (Wildman–Crippen LogP) is 1.08. The molecule has 1 fully saturated rings. The summed E-state index contributed by atoms with van der Waals surface area (Å²) in [4.78, 5) is 0. The van der Waals surface area contributed by atoms with E-state index in [2.05, 4.69) is 11.9 Å². The van der Waals surface area contributed by atoms with Crippen molar-refractivity contribution in [2.45, 2.75) is 38.3 Å². The maximum Gasteiger partial charge on any atom is 0.0693 e. The standard InChI is InChI=1S/C11H21NO2/c1-9(2)8-14-7-6-12-10-4-3-5-11(10)13/h10-13H,1,3-8H2,2H3. The quantitative estimate of drug-likeness (QED) is 0.497. The third-order valence-electron chi connectivity index (χ3n) is 2.48. The molecule has 0 heterocycles. The first kappa shape index (κ1) is 11.7. The third-order valence-corrected chi connectivity index (χ3v) is 2.48. The molecule has 1 rings (SSSR count). The molecule has 1 saturated carbocycles. The van der Waals surface area contributed by atoms with Crippen molar-refractivity contribution in [1.82, 2.24) is 5.32 Å². The summed E-state index contributed by atoms with van der Waals surface area (Å²) in [7, 11) is 0. The Morgan fingerprint density at radius 2 is 2.36 bits per heavy atom. The van der Waals surface area contributed by atoms with Gasteiger partial charge in [0.1, 0.15) is 0 Å². The van der Waals surface area contributed by atoms with Gasteiger partial charge in [-0.3, -0.25) is 0 Å². The molecule has 0 spiro atoms. The normalized spacial score (nSPS) is 26.7. The number of ether oxygens (including phenoxy) is 1. The Balaban J connectivity index is 1.95. The zero-order valence-electron chi connectivity index (χ0n) is 8.96. The molecule has 3 heteroatoms. The lowest BCUT2D eigenvalue weighted by Crippen LogP contribution is -2.37. The smallest absolute Gasteiger partial charge is 0.0693 e. The van der Waals surface area contributed by atoms with Gasteiger partial charge in [-0.1, -0.05) is 12.2 Å². The molecule has 0 amide bonds. The van der Waals surface area contributed by atoms with Gasteiger partial charge in [0, 0.05) is 12.6 Å². The van der Waals surface area contributed by atoms with Gasteiger partial charge in [-0.25, -0.2) is 0 Å². The molecular weight excluding hydrogens is 178 g/mol. The summed E-state index contributed by atoms with van der Waals surface area (Å²) in [5, 5.41) is 12.8. The SMILES string of the molecule is C=C(C)COCCNC1CCCC1O. The van der Waals surface area contributed by atoms with E-state index in [9.17, 15) is 5.11 Å². The zero-order chi connectivity index (χ0) is 10.4. The minimum Gasteiger partial charge on any atom is -0.392 e. The second kappa shape index (κ2) is 6.17. The van der Waals surface area contributed by atoms with E-state index >= 15 is 0 Å². The van der Waals surface area contributed by atoms with Gasteiger partial charge < -0.3 is 15.2 Å². The van der Waals surface area contributed by atoms with Crippen molar-refractivity contribution in [3.63, 3.8) is 0 Å². The Labute approximate surface area is 86.2 Å². The van der Waals surface area contributed by atoms with Gasteiger partial charge in [0.05, 0.1) is 19.3 Å².